The van der Waals surface area contributed by atoms with Crippen molar-refractivity contribution in [3.05, 3.63) is 42.5 Å². The summed E-state index contributed by atoms with van der Waals surface area (Å²) >= 11 is 2.04. The van der Waals surface area contributed by atoms with E-state index in [2.05, 4.69) is 25.8 Å². The number of aromatic nitrogens is 3. The van der Waals surface area contributed by atoms with Gasteiger partial charge < -0.3 is 10.6 Å². The first-order valence-electron chi connectivity index (χ1n) is 7.87. The van der Waals surface area contributed by atoms with E-state index in [1.165, 1.54) is 18.6 Å². The minimum absolute atomic E-state index is 0. The molecular weight excluding hydrogens is 435 g/mol. The van der Waals surface area contributed by atoms with Gasteiger partial charge in [-0.15, -0.1) is 34.2 Å². The van der Waals surface area contributed by atoms with Crippen LogP contribution in [-0.2, 0) is 6.54 Å². The number of nitrogens with one attached hydrogen (secondary N) is 2. The van der Waals surface area contributed by atoms with Crippen molar-refractivity contribution >= 4 is 41.7 Å². The van der Waals surface area contributed by atoms with E-state index in [1.807, 2.05) is 46.7 Å². The van der Waals surface area contributed by atoms with Crippen molar-refractivity contribution in [3.63, 3.8) is 0 Å². The average molecular weight is 458 g/mol. The number of para-hydroxylation sites is 1. The predicted molar refractivity (Wildman–Crippen MR) is 110 cm³/mol. The van der Waals surface area contributed by atoms with E-state index < -0.39 is 0 Å². The zero-order valence-electron chi connectivity index (χ0n) is 13.7. The van der Waals surface area contributed by atoms with Gasteiger partial charge in [0.2, 0.25) is 0 Å². The summed E-state index contributed by atoms with van der Waals surface area (Å²) in [6.07, 6.45) is 4.35. The molecule has 0 saturated carbocycles. The summed E-state index contributed by atoms with van der Waals surface area (Å²) < 4.78 is 1.98. The highest BCUT2D eigenvalue weighted by Crippen LogP contribution is 2.25. The fourth-order valence-electron chi connectivity index (χ4n) is 2.58. The van der Waals surface area contributed by atoms with Crippen LogP contribution in [0, 0.1) is 0 Å². The maximum absolute atomic E-state index is 4.28. The van der Waals surface area contributed by atoms with Crippen molar-refractivity contribution in [1.29, 1.82) is 0 Å². The predicted octanol–water partition coefficient (Wildman–Crippen LogP) is 2.45. The van der Waals surface area contributed by atoms with Crippen molar-refractivity contribution in [1.82, 2.24) is 25.4 Å². The Morgan fingerprint density at radius 3 is 2.88 bits per heavy atom. The van der Waals surface area contributed by atoms with Gasteiger partial charge in [-0.05, 0) is 30.7 Å². The first kappa shape index (κ1) is 19.0. The number of rotatable bonds is 5. The summed E-state index contributed by atoms with van der Waals surface area (Å²) in [6, 6.07) is 10.1. The SMILES string of the molecule is CN=C(NCc1nncn1-c1ccccc1)NCC1CCCS1.I. The van der Waals surface area contributed by atoms with Crippen LogP contribution >= 0.6 is 35.7 Å². The molecule has 1 aromatic carbocycles. The number of aliphatic imine (C=N–C) groups is 1. The van der Waals surface area contributed by atoms with E-state index in [0.29, 0.717) is 11.8 Å². The molecule has 24 heavy (non-hydrogen) atoms. The second-order valence-electron chi connectivity index (χ2n) is 5.39. The van der Waals surface area contributed by atoms with E-state index in [-0.39, 0.29) is 24.0 Å². The summed E-state index contributed by atoms with van der Waals surface area (Å²) in [5.74, 6) is 2.94. The molecule has 1 atom stereocenters. The van der Waals surface area contributed by atoms with Crippen molar-refractivity contribution in [2.45, 2.75) is 24.6 Å². The van der Waals surface area contributed by atoms with Crippen LogP contribution in [0.15, 0.2) is 41.7 Å². The van der Waals surface area contributed by atoms with Crippen molar-refractivity contribution in [2.24, 2.45) is 4.99 Å². The van der Waals surface area contributed by atoms with E-state index in [9.17, 15) is 0 Å². The van der Waals surface area contributed by atoms with Gasteiger partial charge in [0.25, 0.3) is 0 Å². The number of halogens is 1. The molecule has 130 valence electrons. The fourth-order valence-corrected chi connectivity index (χ4v) is 3.78. The van der Waals surface area contributed by atoms with Crippen molar-refractivity contribution < 1.29 is 0 Å². The number of benzene rings is 1. The van der Waals surface area contributed by atoms with Gasteiger partial charge in [0.1, 0.15) is 6.33 Å². The monoisotopic (exact) mass is 458 g/mol. The molecule has 2 heterocycles. The normalized spacial score (nSPS) is 17.4. The Balaban J connectivity index is 0.00000208. The minimum Gasteiger partial charge on any atom is -0.355 e. The Hall–Kier alpha value is -1.29. The quantitative estimate of drug-likeness (QED) is 0.410. The smallest absolute Gasteiger partial charge is 0.191 e. The Kier molecular flexibility index (Phi) is 7.83. The van der Waals surface area contributed by atoms with Crippen LogP contribution in [0.4, 0.5) is 0 Å². The van der Waals surface area contributed by atoms with Gasteiger partial charge in [-0.3, -0.25) is 9.56 Å². The third kappa shape index (κ3) is 5.10. The van der Waals surface area contributed by atoms with E-state index in [0.717, 1.165) is 24.0 Å². The van der Waals surface area contributed by atoms with Gasteiger partial charge in [0.05, 0.1) is 6.54 Å². The fraction of sp³-hybridized carbons (Fsp3) is 0.438. The minimum atomic E-state index is 0. The number of thioether (sulfide) groups is 1. The Morgan fingerprint density at radius 1 is 1.33 bits per heavy atom. The number of nitrogens with zero attached hydrogens (tertiary/aromatic N) is 4. The second-order valence-corrected chi connectivity index (χ2v) is 6.80. The molecular formula is C16H23IN6S. The summed E-state index contributed by atoms with van der Waals surface area (Å²) in [6.45, 7) is 1.53. The van der Waals surface area contributed by atoms with Gasteiger partial charge in [0.15, 0.2) is 11.8 Å². The molecule has 1 aliphatic rings. The first-order valence-corrected chi connectivity index (χ1v) is 8.92. The van der Waals surface area contributed by atoms with Crippen LogP contribution in [0.25, 0.3) is 5.69 Å². The van der Waals surface area contributed by atoms with Gasteiger partial charge in [0, 0.05) is 24.5 Å². The van der Waals surface area contributed by atoms with Crippen LogP contribution in [0.3, 0.4) is 0 Å². The Bertz CT molecular complexity index is 639. The summed E-state index contributed by atoms with van der Waals surface area (Å²) in [7, 11) is 1.79. The summed E-state index contributed by atoms with van der Waals surface area (Å²) in [5, 5.41) is 15.6. The lowest BCUT2D eigenvalue weighted by Gasteiger charge is -2.15. The summed E-state index contributed by atoms with van der Waals surface area (Å²) in [4.78, 5) is 4.28. The van der Waals surface area contributed by atoms with Crippen molar-refractivity contribution in [2.75, 3.05) is 19.3 Å². The summed E-state index contributed by atoms with van der Waals surface area (Å²) in [5.41, 5.74) is 1.06. The molecule has 0 radical (unpaired) electrons. The van der Waals surface area contributed by atoms with Crippen LogP contribution in [-0.4, -0.2) is 45.3 Å². The maximum Gasteiger partial charge on any atom is 0.191 e. The molecule has 0 amide bonds. The molecule has 1 aromatic heterocycles. The molecule has 1 fully saturated rings. The Labute approximate surface area is 163 Å². The molecule has 0 spiro atoms. The molecule has 1 unspecified atom stereocenters. The lowest BCUT2D eigenvalue weighted by atomic mass is 10.2. The zero-order valence-corrected chi connectivity index (χ0v) is 16.8. The number of guanidine groups is 1. The lowest BCUT2D eigenvalue weighted by molar-refractivity contribution is 0.713. The average Bonchev–Trinajstić information content (AvgIpc) is 3.27. The maximum atomic E-state index is 4.28. The molecule has 2 aromatic rings. The molecule has 2 N–H and O–H groups in total. The molecule has 3 rings (SSSR count). The topological polar surface area (TPSA) is 67.1 Å². The lowest BCUT2D eigenvalue weighted by Crippen LogP contribution is -2.40. The molecule has 0 aliphatic carbocycles. The van der Waals surface area contributed by atoms with Crippen LogP contribution in [0.2, 0.25) is 0 Å². The van der Waals surface area contributed by atoms with Crippen LogP contribution in [0.1, 0.15) is 18.7 Å². The van der Waals surface area contributed by atoms with E-state index in [4.69, 9.17) is 0 Å². The molecule has 1 saturated heterocycles. The molecule has 0 bridgehead atoms. The second kappa shape index (κ2) is 9.87. The van der Waals surface area contributed by atoms with Gasteiger partial charge in [-0.1, -0.05) is 18.2 Å². The Morgan fingerprint density at radius 2 is 2.17 bits per heavy atom. The number of hydrogen-bond donors (Lipinski definition) is 2. The van der Waals surface area contributed by atoms with E-state index >= 15 is 0 Å². The van der Waals surface area contributed by atoms with Crippen LogP contribution in [0.5, 0.6) is 0 Å². The first-order chi connectivity index (χ1) is 11.4. The van der Waals surface area contributed by atoms with Gasteiger partial charge >= 0.3 is 0 Å². The largest absolute Gasteiger partial charge is 0.355 e. The molecule has 8 heteroatoms. The van der Waals surface area contributed by atoms with Gasteiger partial charge in [-0.2, -0.15) is 11.8 Å². The third-order valence-electron chi connectivity index (χ3n) is 3.81. The van der Waals surface area contributed by atoms with Gasteiger partial charge in [-0.25, -0.2) is 0 Å². The van der Waals surface area contributed by atoms with Crippen molar-refractivity contribution in [3.8, 4) is 5.69 Å². The zero-order chi connectivity index (χ0) is 15.9. The highest BCUT2D eigenvalue weighted by atomic mass is 127. The highest BCUT2D eigenvalue weighted by molar-refractivity contribution is 14.0. The van der Waals surface area contributed by atoms with Crippen LogP contribution < -0.4 is 10.6 Å². The molecule has 1 aliphatic heterocycles. The van der Waals surface area contributed by atoms with E-state index in [1.54, 1.807) is 13.4 Å². The number of hydrogen-bond acceptors (Lipinski definition) is 4. The molecule has 6 nitrogen and oxygen atoms in total. The highest BCUT2D eigenvalue weighted by Gasteiger charge is 2.15. The third-order valence-corrected chi connectivity index (χ3v) is 5.21. The standard InChI is InChI=1S/C16H22N6S.HI/c1-17-16(18-10-14-8-5-9-23-14)19-11-15-21-20-12-22(15)13-6-3-2-4-7-13;/h2-4,6-7,12,14H,5,8-11H2,1H3,(H2,17,18,19);1H.